The molecule has 0 fully saturated rings. The predicted molar refractivity (Wildman–Crippen MR) is 127 cm³/mol. The highest BCUT2D eigenvalue weighted by molar-refractivity contribution is 7.99. The zero-order valence-corrected chi connectivity index (χ0v) is 19.0. The Labute approximate surface area is 193 Å². The summed E-state index contributed by atoms with van der Waals surface area (Å²) in [5.41, 5.74) is 3.75. The van der Waals surface area contributed by atoms with Crippen molar-refractivity contribution in [1.82, 2.24) is 19.7 Å². The van der Waals surface area contributed by atoms with Gasteiger partial charge in [0.25, 0.3) is 5.91 Å². The van der Waals surface area contributed by atoms with Crippen molar-refractivity contribution >= 4 is 46.3 Å². The minimum absolute atomic E-state index is 0.161. The van der Waals surface area contributed by atoms with Gasteiger partial charge in [0.1, 0.15) is 6.33 Å². The molecule has 0 aliphatic heterocycles. The molecule has 8 nitrogen and oxygen atoms in total. The van der Waals surface area contributed by atoms with Crippen molar-refractivity contribution in [2.24, 2.45) is 7.05 Å². The van der Waals surface area contributed by atoms with Crippen molar-refractivity contribution in [3.05, 3.63) is 70.8 Å². The number of amides is 2. The van der Waals surface area contributed by atoms with E-state index in [0.29, 0.717) is 22.1 Å². The first-order chi connectivity index (χ1) is 15.5. The van der Waals surface area contributed by atoms with Crippen LogP contribution in [0.3, 0.4) is 0 Å². The summed E-state index contributed by atoms with van der Waals surface area (Å²) in [6.45, 7) is 1.97. The number of thiazole rings is 1. The second kappa shape index (κ2) is 9.75. The number of nitrogens with zero attached hydrogens (tertiary/aromatic N) is 4. The van der Waals surface area contributed by atoms with Gasteiger partial charge in [-0.1, -0.05) is 23.9 Å². The quantitative estimate of drug-likeness (QED) is 0.397. The Hall–Kier alpha value is -3.50. The molecule has 0 aliphatic carbocycles. The van der Waals surface area contributed by atoms with Crippen LogP contribution in [-0.2, 0) is 11.8 Å². The summed E-state index contributed by atoms with van der Waals surface area (Å²) < 4.78 is 1.75. The fourth-order valence-corrected chi connectivity index (χ4v) is 4.17. The molecule has 0 radical (unpaired) electrons. The number of aromatic nitrogens is 4. The van der Waals surface area contributed by atoms with E-state index < -0.39 is 0 Å². The lowest BCUT2D eigenvalue weighted by Gasteiger charge is -2.08. The summed E-state index contributed by atoms with van der Waals surface area (Å²) in [7, 11) is 1.82. The van der Waals surface area contributed by atoms with Crippen molar-refractivity contribution in [2.75, 3.05) is 16.4 Å². The van der Waals surface area contributed by atoms with E-state index >= 15 is 0 Å². The number of nitrogens with one attached hydrogen (secondary N) is 2. The van der Waals surface area contributed by atoms with Crippen molar-refractivity contribution in [2.45, 2.75) is 12.1 Å². The standard InChI is InChI=1S/C22H20N6O2S2/c1-14-24-19(11-31-14)15-3-7-18(8-4-15)26-21(30)16-5-9-17(10-6-16)25-20(29)12-32-22-27-23-13-28(22)2/h3-11,13H,12H2,1-2H3,(H,25,29)(H,26,30). The van der Waals surface area contributed by atoms with Crippen LogP contribution in [0.2, 0.25) is 0 Å². The van der Waals surface area contributed by atoms with Crippen LogP contribution in [0.1, 0.15) is 15.4 Å². The Bertz CT molecular complexity index is 1230. The summed E-state index contributed by atoms with van der Waals surface area (Å²) >= 11 is 2.90. The lowest BCUT2D eigenvalue weighted by molar-refractivity contribution is -0.113. The third-order valence-electron chi connectivity index (χ3n) is 4.49. The molecule has 2 heterocycles. The molecule has 0 saturated carbocycles. The average molecular weight is 465 g/mol. The first kappa shape index (κ1) is 21.7. The number of thioether (sulfide) groups is 1. The minimum atomic E-state index is -0.224. The number of hydrogen-bond donors (Lipinski definition) is 2. The molecule has 0 spiro atoms. The lowest BCUT2D eigenvalue weighted by atomic mass is 10.1. The van der Waals surface area contributed by atoms with Crippen molar-refractivity contribution < 1.29 is 9.59 Å². The molecule has 0 atom stereocenters. The van der Waals surface area contributed by atoms with E-state index in [1.165, 1.54) is 11.8 Å². The molecule has 2 amide bonds. The molecule has 0 unspecified atom stereocenters. The van der Waals surface area contributed by atoms with E-state index in [1.54, 1.807) is 46.5 Å². The van der Waals surface area contributed by atoms with Crippen LogP contribution in [0.5, 0.6) is 0 Å². The number of carbonyl (C=O) groups excluding carboxylic acids is 2. The molecular formula is C22H20N6O2S2. The summed E-state index contributed by atoms with van der Waals surface area (Å²) in [5, 5.41) is 17.1. The molecule has 32 heavy (non-hydrogen) atoms. The van der Waals surface area contributed by atoms with Gasteiger partial charge in [0, 0.05) is 34.9 Å². The third kappa shape index (κ3) is 5.40. The van der Waals surface area contributed by atoms with E-state index in [9.17, 15) is 9.59 Å². The van der Waals surface area contributed by atoms with Gasteiger partial charge in [0.15, 0.2) is 5.16 Å². The van der Waals surface area contributed by atoms with E-state index in [1.807, 2.05) is 43.6 Å². The summed E-state index contributed by atoms with van der Waals surface area (Å²) in [4.78, 5) is 29.2. The normalized spacial score (nSPS) is 10.7. The van der Waals surface area contributed by atoms with Crippen LogP contribution >= 0.6 is 23.1 Å². The van der Waals surface area contributed by atoms with Gasteiger partial charge in [-0.05, 0) is 43.3 Å². The van der Waals surface area contributed by atoms with E-state index in [-0.39, 0.29) is 17.6 Å². The summed E-state index contributed by atoms with van der Waals surface area (Å²) in [5.74, 6) is -0.172. The third-order valence-corrected chi connectivity index (χ3v) is 6.30. The first-order valence-corrected chi connectivity index (χ1v) is 11.5. The van der Waals surface area contributed by atoms with E-state index in [0.717, 1.165) is 16.3 Å². The van der Waals surface area contributed by atoms with Gasteiger partial charge >= 0.3 is 0 Å². The zero-order valence-electron chi connectivity index (χ0n) is 17.4. The SMILES string of the molecule is Cc1nc(-c2ccc(NC(=O)c3ccc(NC(=O)CSc4nncn4C)cc3)cc2)cs1. The summed E-state index contributed by atoms with van der Waals surface area (Å²) in [6, 6.07) is 14.3. The maximum Gasteiger partial charge on any atom is 0.255 e. The number of benzene rings is 2. The van der Waals surface area contributed by atoms with Gasteiger partial charge in [0.2, 0.25) is 5.91 Å². The van der Waals surface area contributed by atoms with Crippen LogP contribution in [0.25, 0.3) is 11.3 Å². The van der Waals surface area contributed by atoms with Crippen molar-refractivity contribution in [3.8, 4) is 11.3 Å². The fraction of sp³-hybridized carbons (Fsp3) is 0.136. The Balaban J connectivity index is 1.30. The fourth-order valence-electron chi connectivity index (χ4n) is 2.86. The van der Waals surface area contributed by atoms with Gasteiger partial charge in [-0.15, -0.1) is 21.5 Å². The van der Waals surface area contributed by atoms with Crippen LogP contribution in [0, 0.1) is 6.92 Å². The predicted octanol–water partition coefficient (Wildman–Crippen LogP) is 4.23. The first-order valence-electron chi connectivity index (χ1n) is 9.68. The molecular weight excluding hydrogens is 444 g/mol. The van der Waals surface area contributed by atoms with Gasteiger partial charge in [-0.25, -0.2) is 4.98 Å². The monoisotopic (exact) mass is 464 g/mol. The Morgan fingerprint density at radius 3 is 2.34 bits per heavy atom. The largest absolute Gasteiger partial charge is 0.325 e. The van der Waals surface area contributed by atoms with Crippen LogP contribution in [0.15, 0.2) is 65.4 Å². The molecule has 4 rings (SSSR count). The number of rotatable bonds is 7. The molecule has 10 heteroatoms. The number of hydrogen-bond acceptors (Lipinski definition) is 7. The molecule has 0 aliphatic rings. The van der Waals surface area contributed by atoms with Gasteiger partial charge < -0.3 is 15.2 Å². The number of carbonyl (C=O) groups is 2. The highest BCUT2D eigenvalue weighted by atomic mass is 32.2. The Morgan fingerprint density at radius 1 is 1.03 bits per heavy atom. The number of anilines is 2. The van der Waals surface area contributed by atoms with Crippen LogP contribution in [0.4, 0.5) is 11.4 Å². The Kier molecular flexibility index (Phi) is 6.62. The average Bonchev–Trinajstić information content (AvgIpc) is 3.41. The Morgan fingerprint density at radius 2 is 1.72 bits per heavy atom. The molecule has 0 saturated heterocycles. The van der Waals surface area contributed by atoms with E-state index in [2.05, 4.69) is 25.8 Å². The van der Waals surface area contributed by atoms with Gasteiger partial charge in [-0.3, -0.25) is 9.59 Å². The number of aryl methyl sites for hydroxylation is 2. The van der Waals surface area contributed by atoms with Crippen molar-refractivity contribution in [1.29, 1.82) is 0 Å². The molecule has 2 aromatic heterocycles. The van der Waals surface area contributed by atoms with Crippen LogP contribution in [-0.4, -0.2) is 37.3 Å². The van der Waals surface area contributed by atoms with Crippen molar-refractivity contribution in [3.63, 3.8) is 0 Å². The smallest absolute Gasteiger partial charge is 0.255 e. The van der Waals surface area contributed by atoms with Crippen LogP contribution < -0.4 is 10.6 Å². The molecule has 4 aromatic rings. The highest BCUT2D eigenvalue weighted by Gasteiger charge is 2.10. The second-order valence-electron chi connectivity index (χ2n) is 6.92. The molecule has 2 N–H and O–H groups in total. The maximum absolute atomic E-state index is 12.5. The molecule has 162 valence electrons. The molecule has 0 bridgehead atoms. The minimum Gasteiger partial charge on any atom is -0.325 e. The maximum atomic E-state index is 12.5. The van der Waals surface area contributed by atoms with Gasteiger partial charge in [-0.2, -0.15) is 0 Å². The topological polar surface area (TPSA) is 102 Å². The zero-order chi connectivity index (χ0) is 22.5. The van der Waals surface area contributed by atoms with Gasteiger partial charge in [0.05, 0.1) is 16.5 Å². The molecule has 2 aromatic carbocycles. The highest BCUT2D eigenvalue weighted by Crippen LogP contribution is 2.23. The van der Waals surface area contributed by atoms with E-state index in [4.69, 9.17) is 0 Å². The lowest BCUT2D eigenvalue weighted by Crippen LogP contribution is -2.15. The second-order valence-corrected chi connectivity index (χ2v) is 8.93. The summed E-state index contributed by atoms with van der Waals surface area (Å²) in [6.07, 6.45) is 1.58.